The highest BCUT2D eigenvalue weighted by molar-refractivity contribution is 5.84. The minimum atomic E-state index is -4.94. The van der Waals surface area contributed by atoms with Gasteiger partial charge >= 0.3 is 11.9 Å². The van der Waals surface area contributed by atoms with Crippen LogP contribution in [-0.4, -0.2) is 22.1 Å². The molecule has 0 bridgehead atoms. The van der Waals surface area contributed by atoms with E-state index in [0.29, 0.717) is 0 Å². The van der Waals surface area contributed by atoms with Crippen LogP contribution in [0.5, 0.6) is 0 Å². The monoisotopic (exact) mass is 343 g/mol. The number of rotatable bonds is 3. The first-order chi connectivity index (χ1) is 11.1. The molecule has 0 spiro atoms. The summed E-state index contributed by atoms with van der Waals surface area (Å²) in [6.07, 6.45) is -4.65. The van der Waals surface area contributed by atoms with E-state index in [2.05, 4.69) is 11.7 Å². The van der Waals surface area contributed by atoms with Gasteiger partial charge in [-0.05, 0) is 12.8 Å². The maximum atomic E-state index is 14.1. The molecule has 126 valence electrons. The molecule has 0 amide bonds. The van der Waals surface area contributed by atoms with E-state index in [1.165, 1.54) is 0 Å². The molecule has 24 heavy (non-hydrogen) atoms. The fourth-order valence-electron chi connectivity index (χ4n) is 2.09. The highest BCUT2D eigenvalue weighted by Crippen LogP contribution is 2.27. The highest BCUT2D eigenvalue weighted by Gasteiger charge is 2.35. The first-order valence-corrected chi connectivity index (χ1v) is 6.28. The lowest BCUT2D eigenvalue weighted by atomic mass is 10.1. The van der Waals surface area contributed by atoms with Crippen LogP contribution in [0.15, 0.2) is 32.8 Å². The lowest BCUT2D eigenvalue weighted by Crippen LogP contribution is -2.41. The number of halogens is 4. The number of carbonyl (C=O) groups excluding carboxylic acids is 1. The molecular weight excluding hydrogens is 334 g/mol. The van der Waals surface area contributed by atoms with Crippen LogP contribution in [0.3, 0.4) is 0 Å². The van der Waals surface area contributed by atoms with Crippen LogP contribution >= 0.6 is 0 Å². The Bertz CT molecular complexity index is 957. The molecule has 0 aliphatic heterocycles. The predicted octanol–water partition coefficient (Wildman–Crippen LogP) is 1.84. The second-order valence-corrected chi connectivity index (χ2v) is 4.68. The van der Waals surface area contributed by atoms with Crippen LogP contribution in [0, 0.1) is 5.82 Å². The number of alkyl halides is 3. The van der Waals surface area contributed by atoms with E-state index in [1.807, 2.05) is 0 Å². The first-order valence-electron chi connectivity index (χ1n) is 6.28. The van der Waals surface area contributed by atoms with Crippen molar-refractivity contribution in [2.24, 2.45) is 12.0 Å². The average Bonchev–Trinajstić information content (AvgIpc) is 2.50. The summed E-state index contributed by atoms with van der Waals surface area (Å²) in [5.41, 5.74) is -5.26. The Hall–Kier alpha value is -3.04. The molecule has 0 aliphatic carbocycles. The summed E-state index contributed by atoms with van der Waals surface area (Å²) in [7, 11) is 0.791. The number of aldehydes is 1. The van der Waals surface area contributed by atoms with Crippen molar-refractivity contribution in [3.8, 4) is 5.69 Å². The van der Waals surface area contributed by atoms with Crippen molar-refractivity contribution in [2.75, 3.05) is 0 Å². The number of benzene rings is 1. The molecule has 2 rings (SSSR count). The first kappa shape index (κ1) is 17.3. The molecule has 6 nitrogen and oxygen atoms in total. The van der Waals surface area contributed by atoms with Gasteiger partial charge in [0.15, 0.2) is 6.29 Å². The second kappa shape index (κ2) is 5.87. The van der Waals surface area contributed by atoms with Gasteiger partial charge in [-0.2, -0.15) is 13.2 Å². The van der Waals surface area contributed by atoms with E-state index < -0.39 is 34.6 Å². The SMILES string of the molecule is C=Nc1cc(F)c(-n2c(=O)cc(C(F)(F)F)n(C)c2=O)cc1C=O. The Kier molecular flexibility index (Phi) is 4.24. The number of hydrogen-bond donors (Lipinski definition) is 0. The molecule has 0 N–H and O–H groups in total. The largest absolute Gasteiger partial charge is 0.431 e. The molecule has 10 heteroatoms. The standard InChI is InChI=1S/C14H9F4N3O3/c1-19-9-4-8(15)10(3-7(9)6-22)21-12(23)5-11(14(16,17)18)20(2)13(21)24/h3-6H,1H2,2H3. The third kappa shape index (κ3) is 2.77. The average molecular weight is 343 g/mol. The van der Waals surface area contributed by atoms with Crippen LogP contribution in [0.1, 0.15) is 16.1 Å². The van der Waals surface area contributed by atoms with Crippen LogP contribution in [0.4, 0.5) is 23.2 Å². The molecular formula is C14H9F4N3O3. The molecule has 2 aromatic rings. The Morgan fingerprint density at radius 1 is 1.21 bits per heavy atom. The molecule has 0 saturated heterocycles. The lowest BCUT2D eigenvalue weighted by molar-refractivity contribution is -0.144. The van der Waals surface area contributed by atoms with E-state index in [0.717, 1.165) is 19.2 Å². The molecule has 0 fully saturated rings. The van der Waals surface area contributed by atoms with E-state index in [4.69, 9.17) is 0 Å². The fourth-order valence-corrected chi connectivity index (χ4v) is 2.09. The smallest absolute Gasteiger partial charge is 0.298 e. The van der Waals surface area contributed by atoms with Crippen LogP contribution in [-0.2, 0) is 13.2 Å². The van der Waals surface area contributed by atoms with Gasteiger partial charge in [0.05, 0.1) is 11.4 Å². The molecule has 0 radical (unpaired) electrons. The van der Waals surface area contributed by atoms with Crippen molar-refractivity contribution in [2.45, 2.75) is 6.18 Å². The van der Waals surface area contributed by atoms with Gasteiger partial charge in [0, 0.05) is 24.7 Å². The summed E-state index contributed by atoms with van der Waals surface area (Å²) in [6, 6.07) is 1.75. The van der Waals surface area contributed by atoms with E-state index >= 15 is 0 Å². The quantitative estimate of drug-likeness (QED) is 0.485. The summed E-state index contributed by atoms with van der Waals surface area (Å²) in [5, 5.41) is 0. The Balaban J connectivity index is 2.87. The number of aliphatic imine (C=N–C) groups is 1. The number of aromatic nitrogens is 2. The summed E-state index contributed by atoms with van der Waals surface area (Å²) >= 11 is 0. The number of carbonyl (C=O) groups is 1. The highest BCUT2D eigenvalue weighted by atomic mass is 19.4. The molecule has 1 aromatic carbocycles. The topological polar surface area (TPSA) is 73.4 Å². The third-order valence-corrected chi connectivity index (χ3v) is 3.24. The van der Waals surface area contributed by atoms with Gasteiger partial charge in [-0.1, -0.05) is 0 Å². The van der Waals surface area contributed by atoms with E-state index in [-0.39, 0.29) is 32.7 Å². The fraction of sp³-hybridized carbons (Fsp3) is 0.143. The van der Waals surface area contributed by atoms with Gasteiger partial charge in [-0.15, -0.1) is 0 Å². The van der Waals surface area contributed by atoms with Crippen molar-refractivity contribution < 1.29 is 22.4 Å². The van der Waals surface area contributed by atoms with Crippen LogP contribution in [0.25, 0.3) is 5.69 Å². The minimum absolute atomic E-state index is 0.136. The molecule has 0 atom stereocenters. The molecule has 1 heterocycles. The molecule has 1 aromatic heterocycles. The predicted molar refractivity (Wildman–Crippen MR) is 76.8 cm³/mol. The number of nitrogens with zero attached hydrogens (tertiary/aromatic N) is 3. The van der Waals surface area contributed by atoms with Crippen molar-refractivity contribution in [3.63, 3.8) is 0 Å². The second-order valence-electron chi connectivity index (χ2n) is 4.68. The van der Waals surface area contributed by atoms with Gasteiger partial charge in [0.1, 0.15) is 11.5 Å². The zero-order valence-corrected chi connectivity index (χ0v) is 12.1. The normalized spacial score (nSPS) is 11.4. The van der Waals surface area contributed by atoms with Crippen molar-refractivity contribution in [1.29, 1.82) is 0 Å². The van der Waals surface area contributed by atoms with Gasteiger partial charge in [-0.3, -0.25) is 19.1 Å². The zero-order valence-electron chi connectivity index (χ0n) is 12.1. The van der Waals surface area contributed by atoms with Crippen molar-refractivity contribution >= 4 is 18.7 Å². The Labute approximate surface area is 131 Å². The minimum Gasteiger partial charge on any atom is -0.298 e. The van der Waals surface area contributed by atoms with Gasteiger partial charge in [0.2, 0.25) is 0 Å². The van der Waals surface area contributed by atoms with Gasteiger partial charge < -0.3 is 0 Å². The van der Waals surface area contributed by atoms with Crippen molar-refractivity contribution in [3.05, 3.63) is 56.1 Å². The Morgan fingerprint density at radius 3 is 2.33 bits per heavy atom. The lowest BCUT2D eigenvalue weighted by Gasteiger charge is -2.14. The summed E-state index contributed by atoms with van der Waals surface area (Å²) < 4.78 is 52.9. The van der Waals surface area contributed by atoms with Gasteiger partial charge in [-0.25, -0.2) is 13.8 Å². The molecule has 0 aliphatic rings. The van der Waals surface area contributed by atoms with E-state index in [9.17, 15) is 31.9 Å². The summed E-state index contributed by atoms with van der Waals surface area (Å²) in [6.45, 7) is 3.14. The van der Waals surface area contributed by atoms with Crippen molar-refractivity contribution in [1.82, 2.24) is 9.13 Å². The van der Waals surface area contributed by atoms with Gasteiger partial charge in [0.25, 0.3) is 5.56 Å². The summed E-state index contributed by atoms with van der Waals surface area (Å²) in [4.78, 5) is 38.4. The summed E-state index contributed by atoms with van der Waals surface area (Å²) in [5.74, 6) is -1.12. The molecule has 0 unspecified atom stereocenters. The maximum Gasteiger partial charge on any atom is 0.431 e. The maximum absolute atomic E-state index is 14.1. The van der Waals surface area contributed by atoms with Crippen LogP contribution in [0.2, 0.25) is 0 Å². The van der Waals surface area contributed by atoms with Crippen LogP contribution < -0.4 is 11.2 Å². The number of hydrogen-bond acceptors (Lipinski definition) is 4. The van der Waals surface area contributed by atoms with E-state index in [1.54, 1.807) is 0 Å². The molecule has 0 saturated carbocycles. The Morgan fingerprint density at radius 2 is 1.83 bits per heavy atom. The third-order valence-electron chi connectivity index (χ3n) is 3.24. The zero-order chi connectivity index (χ0) is 18.2.